The Bertz CT molecular complexity index is 484. The molecule has 0 amide bonds. The molecule has 0 radical (unpaired) electrons. The predicted octanol–water partition coefficient (Wildman–Crippen LogP) is 1.25. The van der Waals surface area contributed by atoms with Gasteiger partial charge in [0.1, 0.15) is 0 Å². The molecule has 7 heteroatoms. The highest BCUT2D eigenvalue weighted by Gasteiger charge is 2.17. The van der Waals surface area contributed by atoms with Crippen molar-refractivity contribution < 1.29 is 14.6 Å². The van der Waals surface area contributed by atoms with Crippen LogP contribution >= 0.6 is 0 Å². The van der Waals surface area contributed by atoms with Crippen LogP contribution in [0.25, 0.3) is 0 Å². The van der Waals surface area contributed by atoms with Crippen LogP contribution in [-0.2, 0) is 4.79 Å². The first-order valence-electron chi connectivity index (χ1n) is 7.84. The smallest absolute Gasteiger partial charge is 0.303 e. The zero-order valence-corrected chi connectivity index (χ0v) is 13.1. The number of carbonyl (C=O) groups is 1. The van der Waals surface area contributed by atoms with Gasteiger partial charge >= 0.3 is 5.97 Å². The first kappa shape index (κ1) is 16.5. The van der Waals surface area contributed by atoms with Crippen molar-refractivity contribution in [1.29, 1.82) is 0 Å². The Balaban J connectivity index is 1.87. The van der Waals surface area contributed by atoms with E-state index in [0.29, 0.717) is 24.9 Å². The number of hydrogen-bond donors (Lipinski definition) is 1. The molecule has 0 saturated carbocycles. The minimum Gasteiger partial charge on any atom is -0.481 e. The number of aliphatic carboxylic acids is 1. The zero-order chi connectivity index (χ0) is 15.8. The summed E-state index contributed by atoms with van der Waals surface area (Å²) in [5.41, 5.74) is 0. The third-order valence-corrected chi connectivity index (χ3v) is 3.65. The lowest BCUT2D eigenvalue weighted by atomic mass is 10.3. The maximum Gasteiger partial charge on any atom is 0.303 e. The van der Waals surface area contributed by atoms with Crippen LogP contribution in [0.4, 0.5) is 5.95 Å². The van der Waals surface area contributed by atoms with E-state index in [1.807, 2.05) is 6.92 Å². The third-order valence-electron chi connectivity index (χ3n) is 3.65. The number of aromatic nitrogens is 2. The minimum atomic E-state index is -0.724. The van der Waals surface area contributed by atoms with E-state index in [1.165, 1.54) is 0 Å². The van der Waals surface area contributed by atoms with Crippen LogP contribution in [0.3, 0.4) is 0 Å². The number of rotatable bonds is 7. The van der Waals surface area contributed by atoms with E-state index in [1.54, 1.807) is 12.3 Å². The van der Waals surface area contributed by atoms with Crippen LogP contribution in [0.1, 0.15) is 26.2 Å². The Morgan fingerprint density at radius 1 is 1.36 bits per heavy atom. The van der Waals surface area contributed by atoms with Gasteiger partial charge in [-0.05, 0) is 32.9 Å². The molecule has 1 aromatic rings. The standard InChI is InChI=1S/C15H24N4O3/c1-2-22-13-6-7-16-15(17-13)19-10-4-9-18(11-12-19)8-3-5-14(20)21/h6-7H,2-5,8-12H2,1H3,(H,20,21). The van der Waals surface area contributed by atoms with E-state index >= 15 is 0 Å². The van der Waals surface area contributed by atoms with Crippen molar-refractivity contribution in [3.63, 3.8) is 0 Å². The average molecular weight is 308 g/mol. The molecular formula is C15H24N4O3. The Hall–Kier alpha value is -1.89. The summed E-state index contributed by atoms with van der Waals surface area (Å²) < 4.78 is 5.42. The molecule has 22 heavy (non-hydrogen) atoms. The Kier molecular flexibility index (Phi) is 6.39. The van der Waals surface area contributed by atoms with Crippen LogP contribution in [0, 0.1) is 0 Å². The van der Waals surface area contributed by atoms with Crippen molar-refractivity contribution in [2.24, 2.45) is 0 Å². The number of carboxylic acids is 1. The zero-order valence-electron chi connectivity index (χ0n) is 13.1. The summed E-state index contributed by atoms with van der Waals surface area (Å²) >= 11 is 0. The normalized spacial score (nSPS) is 16.3. The van der Waals surface area contributed by atoms with Gasteiger partial charge in [-0.1, -0.05) is 0 Å². The average Bonchev–Trinajstić information content (AvgIpc) is 2.73. The molecule has 0 aliphatic carbocycles. The molecule has 122 valence electrons. The molecule has 0 unspecified atom stereocenters. The van der Waals surface area contributed by atoms with Gasteiger partial charge in [0.05, 0.1) is 6.61 Å². The van der Waals surface area contributed by atoms with Crippen LogP contribution in [0.2, 0.25) is 0 Å². The van der Waals surface area contributed by atoms with Gasteiger partial charge in [0.25, 0.3) is 0 Å². The van der Waals surface area contributed by atoms with E-state index in [-0.39, 0.29) is 6.42 Å². The van der Waals surface area contributed by atoms with Crippen LogP contribution in [-0.4, -0.2) is 65.3 Å². The maximum atomic E-state index is 10.6. The number of hydrogen-bond acceptors (Lipinski definition) is 6. The molecule has 0 aromatic carbocycles. The first-order valence-corrected chi connectivity index (χ1v) is 7.84. The highest BCUT2D eigenvalue weighted by atomic mass is 16.5. The summed E-state index contributed by atoms with van der Waals surface area (Å²) in [5.74, 6) is 0.589. The molecule has 1 aliphatic rings. The Morgan fingerprint density at radius 2 is 2.23 bits per heavy atom. The molecule has 0 atom stereocenters. The monoisotopic (exact) mass is 308 g/mol. The van der Waals surface area contributed by atoms with Crippen molar-refractivity contribution >= 4 is 11.9 Å². The Morgan fingerprint density at radius 3 is 3.00 bits per heavy atom. The lowest BCUT2D eigenvalue weighted by Crippen LogP contribution is -2.32. The summed E-state index contributed by atoms with van der Waals surface area (Å²) in [6, 6.07) is 1.77. The molecule has 1 N–H and O–H groups in total. The van der Waals surface area contributed by atoms with Crippen molar-refractivity contribution in [1.82, 2.24) is 14.9 Å². The van der Waals surface area contributed by atoms with Crippen LogP contribution < -0.4 is 9.64 Å². The topological polar surface area (TPSA) is 78.8 Å². The SMILES string of the molecule is CCOc1ccnc(N2CCCN(CCCC(=O)O)CC2)n1. The molecule has 2 heterocycles. The molecule has 0 spiro atoms. The van der Waals surface area contributed by atoms with Crippen molar-refractivity contribution in [2.45, 2.75) is 26.2 Å². The summed E-state index contributed by atoms with van der Waals surface area (Å²) in [5, 5.41) is 8.70. The second-order valence-corrected chi connectivity index (χ2v) is 5.31. The van der Waals surface area contributed by atoms with Gasteiger partial charge < -0.3 is 19.6 Å². The highest BCUT2D eigenvalue weighted by Crippen LogP contribution is 2.15. The summed E-state index contributed by atoms with van der Waals surface area (Å²) in [4.78, 5) is 23.8. The first-order chi connectivity index (χ1) is 10.7. The molecule has 1 fully saturated rings. The molecular weight excluding hydrogens is 284 g/mol. The molecule has 1 aromatic heterocycles. The van der Waals surface area contributed by atoms with Crippen molar-refractivity contribution in [2.75, 3.05) is 44.2 Å². The summed E-state index contributed by atoms with van der Waals surface area (Å²) in [6.07, 6.45) is 3.68. The van der Waals surface area contributed by atoms with Crippen molar-refractivity contribution in [3.8, 4) is 5.88 Å². The summed E-state index contributed by atoms with van der Waals surface area (Å²) in [6.45, 7) is 7.01. The quantitative estimate of drug-likeness (QED) is 0.812. The number of nitrogens with zero attached hydrogens (tertiary/aromatic N) is 4. The van der Waals surface area contributed by atoms with Crippen LogP contribution in [0.15, 0.2) is 12.3 Å². The highest BCUT2D eigenvalue weighted by molar-refractivity contribution is 5.66. The number of anilines is 1. The number of ether oxygens (including phenoxy) is 1. The minimum absolute atomic E-state index is 0.236. The molecule has 2 rings (SSSR count). The lowest BCUT2D eigenvalue weighted by Gasteiger charge is -2.21. The van der Waals surface area contributed by atoms with E-state index in [2.05, 4.69) is 19.8 Å². The maximum absolute atomic E-state index is 10.6. The molecule has 0 bridgehead atoms. The van der Waals surface area contributed by atoms with Gasteiger partial charge in [-0.15, -0.1) is 0 Å². The fourth-order valence-electron chi connectivity index (χ4n) is 2.56. The molecule has 7 nitrogen and oxygen atoms in total. The second-order valence-electron chi connectivity index (χ2n) is 5.31. The largest absolute Gasteiger partial charge is 0.481 e. The van der Waals surface area contributed by atoms with E-state index in [4.69, 9.17) is 9.84 Å². The summed E-state index contributed by atoms with van der Waals surface area (Å²) in [7, 11) is 0. The number of carboxylic acid groups (broad SMARTS) is 1. The van der Waals surface area contributed by atoms with Crippen LogP contribution in [0.5, 0.6) is 5.88 Å². The van der Waals surface area contributed by atoms with Gasteiger partial charge in [-0.2, -0.15) is 4.98 Å². The van der Waals surface area contributed by atoms with Crippen molar-refractivity contribution in [3.05, 3.63) is 12.3 Å². The van der Waals surface area contributed by atoms with E-state index in [0.717, 1.165) is 39.1 Å². The van der Waals surface area contributed by atoms with Gasteiger partial charge in [0.2, 0.25) is 11.8 Å². The molecule has 1 aliphatic heterocycles. The lowest BCUT2D eigenvalue weighted by molar-refractivity contribution is -0.137. The Labute approximate surface area is 130 Å². The van der Waals surface area contributed by atoms with E-state index in [9.17, 15) is 4.79 Å². The van der Waals surface area contributed by atoms with Gasteiger partial charge in [0, 0.05) is 38.3 Å². The van der Waals surface area contributed by atoms with Gasteiger partial charge in [0.15, 0.2) is 0 Å². The predicted molar refractivity (Wildman–Crippen MR) is 83.3 cm³/mol. The third kappa shape index (κ3) is 5.14. The van der Waals surface area contributed by atoms with Gasteiger partial charge in [-0.3, -0.25) is 4.79 Å². The fraction of sp³-hybridized carbons (Fsp3) is 0.667. The van der Waals surface area contributed by atoms with E-state index < -0.39 is 5.97 Å². The second kappa shape index (κ2) is 8.53. The fourth-order valence-corrected chi connectivity index (χ4v) is 2.56. The molecule has 1 saturated heterocycles. The van der Waals surface area contributed by atoms with Gasteiger partial charge in [-0.25, -0.2) is 4.98 Å².